The molecule has 5 nitrogen and oxygen atoms in total. The van der Waals surface area contributed by atoms with Gasteiger partial charge in [-0.3, -0.25) is 4.79 Å². The van der Waals surface area contributed by atoms with Gasteiger partial charge in [-0.2, -0.15) is 0 Å². The molecule has 1 amide bonds. The molecule has 0 N–H and O–H groups in total. The average molecular weight is 300 g/mol. The molecule has 2 heterocycles. The molecule has 116 valence electrons. The summed E-state index contributed by atoms with van der Waals surface area (Å²) in [5, 5.41) is 0. The third kappa shape index (κ3) is 2.79. The SMILES string of the molecule is CCN1CC(CN(C)C(=O)c2ccco2)Oc2ccccc21. The van der Waals surface area contributed by atoms with E-state index in [1.54, 1.807) is 24.1 Å². The number of likely N-dealkylation sites (N-methyl/N-ethyl adjacent to an activating group) is 2. The van der Waals surface area contributed by atoms with Gasteiger partial charge in [-0.25, -0.2) is 0 Å². The molecule has 5 heteroatoms. The molecule has 0 saturated carbocycles. The predicted molar refractivity (Wildman–Crippen MR) is 84.4 cm³/mol. The van der Waals surface area contributed by atoms with Crippen molar-refractivity contribution in [1.29, 1.82) is 0 Å². The molecular formula is C17H20N2O3. The minimum Gasteiger partial charge on any atom is -0.485 e. The second kappa shape index (κ2) is 6.13. The number of carbonyl (C=O) groups is 1. The van der Waals surface area contributed by atoms with E-state index in [-0.39, 0.29) is 12.0 Å². The lowest BCUT2D eigenvalue weighted by atomic mass is 10.2. The molecule has 1 aliphatic rings. The first-order chi connectivity index (χ1) is 10.7. The zero-order valence-corrected chi connectivity index (χ0v) is 12.9. The van der Waals surface area contributed by atoms with Gasteiger partial charge >= 0.3 is 0 Å². The summed E-state index contributed by atoms with van der Waals surface area (Å²) in [6, 6.07) is 11.4. The van der Waals surface area contributed by atoms with Crippen LogP contribution in [0.4, 0.5) is 5.69 Å². The highest BCUT2D eigenvalue weighted by molar-refractivity contribution is 5.91. The van der Waals surface area contributed by atoms with Crippen LogP contribution in [0.1, 0.15) is 17.5 Å². The van der Waals surface area contributed by atoms with Crippen molar-refractivity contribution in [2.24, 2.45) is 0 Å². The molecule has 22 heavy (non-hydrogen) atoms. The summed E-state index contributed by atoms with van der Waals surface area (Å²) in [6.45, 7) is 4.32. The van der Waals surface area contributed by atoms with Crippen molar-refractivity contribution in [3.63, 3.8) is 0 Å². The van der Waals surface area contributed by atoms with E-state index in [2.05, 4.69) is 17.9 Å². The fourth-order valence-corrected chi connectivity index (χ4v) is 2.75. The number of rotatable bonds is 4. The maximum absolute atomic E-state index is 12.2. The number of furan rings is 1. The second-order valence-corrected chi connectivity index (χ2v) is 5.41. The Balaban J connectivity index is 1.70. The molecule has 1 aromatic carbocycles. The lowest BCUT2D eigenvalue weighted by Crippen LogP contribution is -2.46. The van der Waals surface area contributed by atoms with Gasteiger partial charge in [0.1, 0.15) is 11.9 Å². The second-order valence-electron chi connectivity index (χ2n) is 5.41. The first-order valence-electron chi connectivity index (χ1n) is 7.48. The van der Waals surface area contributed by atoms with Crippen molar-refractivity contribution in [2.45, 2.75) is 13.0 Å². The number of hydrogen-bond acceptors (Lipinski definition) is 4. The van der Waals surface area contributed by atoms with Crippen molar-refractivity contribution in [2.75, 3.05) is 31.6 Å². The highest BCUT2D eigenvalue weighted by Gasteiger charge is 2.27. The van der Waals surface area contributed by atoms with Crippen molar-refractivity contribution in [3.8, 4) is 5.75 Å². The number of fused-ring (bicyclic) bond motifs is 1. The van der Waals surface area contributed by atoms with Crippen LogP contribution in [0, 0.1) is 0 Å². The Bertz CT molecular complexity index is 639. The topological polar surface area (TPSA) is 45.9 Å². The lowest BCUT2D eigenvalue weighted by molar-refractivity contribution is 0.0679. The number of anilines is 1. The van der Waals surface area contributed by atoms with E-state index in [1.165, 1.54) is 6.26 Å². The van der Waals surface area contributed by atoms with Crippen LogP contribution in [0.5, 0.6) is 5.75 Å². The van der Waals surface area contributed by atoms with Gasteiger partial charge in [-0.1, -0.05) is 12.1 Å². The van der Waals surface area contributed by atoms with Crippen LogP contribution in [0.2, 0.25) is 0 Å². The van der Waals surface area contributed by atoms with Crippen LogP contribution in [0.3, 0.4) is 0 Å². The monoisotopic (exact) mass is 300 g/mol. The van der Waals surface area contributed by atoms with E-state index in [0.29, 0.717) is 12.3 Å². The lowest BCUT2D eigenvalue weighted by Gasteiger charge is -2.37. The van der Waals surface area contributed by atoms with Gasteiger partial charge < -0.3 is 19.0 Å². The Hall–Kier alpha value is -2.43. The van der Waals surface area contributed by atoms with E-state index in [0.717, 1.165) is 24.5 Å². The quantitative estimate of drug-likeness (QED) is 0.871. The van der Waals surface area contributed by atoms with Gasteiger partial charge in [-0.15, -0.1) is 0 Å². The molecule has 2 aromatic rings. The Labute approximate surface area is 130 Å². The van der Waals surface area contributed by atoms with Crippen LogP contribution in [0.15, 0.2) is 47.1 Å². The first-order valence-corrected chi connectivity index (χ1v) is 7.48. The van der Waals surface area contributed by atoms with E-state index in [9.17, 15) is 4.79 Å². The van der Waals surface area contributed by atoms with Crippen LogP contribution in [-0.4, -0.2) is 43.6 Å². The Morgan fingerprint density at radius 1 is 1.32 bits per heavy atom. The number of ether oxygens (including phenoxy) is 1. The number of carbonyl (C=O) groups excluding carboxylic acids is 1. The molecule has 0 radical (unpaired) electrons. The molecule has 1 aromatic heterocycles. The third-order valence-electron chi connectivity index (χ3n) is 3.86. The summed E-state index contributed by atoms with van der Waals surface area (Å²) in [5.74, 6) is 1.10. The highest BCUT2D eigenvalue weighted by Crippen LogP contribution is 2.32. The molecule has 1 unspecified atom stereocenters. The van der Waals surface area contributed by atoms with Gasteiger partial charge in [0.2, 0.25) is 0 Å². The molecule has 3 rings (SSSR count). The third-order valence-corrected chi connectivity index (χ3v) is 3.86. The summed E-state index contributed by atoms with van der Waals surface area (Å²) < 4.78 is 11.2. The normalized spacial score (nSPS) is 16.8. The summed E-state index contributed by atoms with van der Waals surface area (Å²) >= 11 is 0. The van der Waals surface area contributed by atoms with Crippen molar-refractivity contribution >= 4 is 11.6 Å². The van der Waals surface area contributed by atoms with Gasteiger partial charge in [-0.05, 0) is 31.2 Å². The minimum absolute atomic E-state index is 0.0567. The minimum atomic E-state index is -0.129. The molecule has 1 aliphatic heterocycles. The van der Waals surface area contributed by atoms with Crippen LogP contribution in [-0.2, 0) is 0 Å². The standard InChI is InChI=1S/C17H20N2O3/c1-3-19-12-13(22-15-8-5-4-7-14(15)19)11-18(2)17(20)16-9-6-10-21-16/h4-10,13H,3,11-12H2,1-2H3. The summed E-state index contributed by atoms with van der Waals surface area (Å²) in [5.41, 5.74) is 1.11. The fraction of sp³-hybridized carbons (Fsp3) is 0.353. The summed E-state index contributed by atoms with van der Waals surface area (Å²) in [7, 11) is 1.77. The average Bonchev–Trinajstić information content (AvgIpc) is 3.07. The molecule has 1 atom stereocenters. The fourth-order valence-electron chi connectivity index (χ4n) is 2.75. The van der Waals surface area contributed by atoms with E-state index >= 15 is 0 Å². The molecule has 0 fully saturated rings. The zero-order chi connectivity index (χ0) is 15.5. The highest BCUT2D eigenvalue weighted by atomic mass is 16.5. The van der Waals surface area contributed by atoms with Crippen molar-refractivity contribution in [3.05, 3.63) is 48.4 Å². The van der Waals surface area contributed by atoms with Crippen LogP contribution in [0.25, 0.3) is 0 Å². The van der Waals surface area contributed by atoms with Gasteiger partial charge in [0.05, 0.1) is 25.0 Å². The first kappa shape index (κ1) is 14.5. The number of hydrogen-bond donors (Lipinski definition) is 0. The number of benzene rings is 1. The van der Waals surface area contributed by atoms with Crippen LogP contribution >= 0.6 is 0 Å². The molecule has 0 spiro atoms. The number of amides is 1. The Morgan fingerprint density at radius 2 is 2.14 bits per heavy atom. The summed E-state index contributed by atoms with van der Waals surface area (Å²) in [4.78, 5) is 16.2. The van der Waals surface area contributed by atoms with E-state index < -0.39 is 0 Å². The van der Waals surface area contributed by atoms with Crippen LogP contribution < -0.4 is 9.64 Å². The molecule has 0 aliphatic carbocycles. The Kier molecular flexibility index (Phi) is 4.04. The zero-order valence-electron chi connectivity index (χ0n) is 12.9. The van der Waals surface area contributed by atoms with Gasteiger partial charge in [0, 0.05) is 13.6 Å². The number of para-hydroxylation sites is 2. The van der Waals surface area contributed by atoms with Gasteiger partial charge in [0.15, 0.2) is 5.76 Å². The number of nitrogens with zero attached hydrogens (tertiary/aromatic N) is 2. The smallest absolute Gasteiger partial charge is 0.289 e. The molecule has 0 saturated heterocycles. The maximum Gasteiger partial charge on any atom is 0.289 e. The largest absolute Gasteiger partial charge is 0.485 e. The molecule has 0 bridgehead atoms. The Morgan fingerprint density at radius 3 is 2.86 bits per heavy atom. The van der Waals surface area contributed by atoms with Crippen molar-refractivity contribution in [1.82, 2.24) is 4.90 Å². The summed E-state index contributed by atoms with van der Waals surface area (Å²) in [6.07, 6.45) is 1.45. The van der Waals surface area contributed by atoms with E-state index in [4.69, 9.17) is 9.15 Å². The van der Waals surface area contributed by atoms with Gasteiger partial charge in [0.25, 0.3) is 5.91 Å². The molecular weight excluding hydrogens is 280 g/mol. The van der Waals surface area contributed by atoms with E-state index in [1.807, 2.05) is 18.2 Å². The predicted octanol–water partition coefficient (Wildman–Crippen LogP) is 2.64. The maximum atomic E-state index is 12.2. The van der Waals surface area contributed by atoms with Crippen molar-refractivity contribution < 1.29 is 13.9 Å².